The molecule has 0 atom stereocenters. The Morgan fingerprint density at radius 2 is 2.12 bits per heavy atom. The van der Waals surface area contributed by atoms with Gasteiger partial charge in [0.2, 0.25) is 5.89 Å². The first-order valence-corrected chi connectivity index (χ1v) is 5.36. The van der Waals surface area contributed by atoms with Crippen molar-refractivity contribution >= 4 is 29.5 Å². The number of hydrogen-bond acceptors (Lipinski definition) is 4. The van der Waals surface area contributed by atoms with Crippen molar-refractivity contribution in [3.05, 3.63) is 26.9 Å². The minimum Gasteiger partial charge on any atom is -0.407 e. The Bertz CT molecular complexity index is 560. The van der Waals surface area contributed by atoms with Crippen LogP contribution in [-0.2, 0) is 11.2 Å². The molecule has 1 heterocycles. The Kier molecular flexibility index (Phi) is 4.43. The fourth-order valence-electron chi connectivity index (χ4n) is 1.26. The van der Waals surface area contributed by atoms with E-state index in [9.17, 15) is 9.59 Å². The van der Waals surface area contributed by atoms with Gasteiger partial charge >= 0.3 is 5.63 Å². The van der Waals surface area contributed by atoms with Gasteiger partial charge in [0.1, 0.15) is 0 Å². The van der Waals surface area contributed by atoms with Crippen LogP contribution in [0.25, 0.3) is 12.2 Å². The van der Waals surface area contributed by atoms with Crippen molar-refractivity contribution in [3.8, 4) is 0 Å². The SMILES string of the molecule is C/C=c1/nc(CC(=O)CCl)oc(=O)/c1=C/C. The van der Waals surface area contributed by atoms with E-state index in [-0.39, 0.29) is 24.0 Å². The zero-order valence-corrected chi connectivity index (χ0v) is 9.87. The third-order valence-corrected chi connectivity index (χ3v) is 2.31. The maximum atomic E-state index is 11.5. The molecule has 16 heavy (non-hydrogen) atoms. The number of carbonyl (C=O) groups excluding carboxylic acids is 1. The molecule has 0 radical (unpaired) electrons. The molecule has 0 unspecified atom stereocenters. The van der Waals surface area contributed by atoms with Gasteiger partial charge in [-0.05, 0) is 13.8 Å². The molecule has 1 aromatic rings. The van der Waals surface area contributed by atoms with E-state index in [1.165, 1.54) is 0 Å². The molecule has 0 saturated carbocycles. The highest BCUT2D eigenvalue weighted by Gasteiger charge is 2.07. The second-order valence-corrected chi connectivity index (χ2v) is 3.39. The van der Waals surface area contributed by atoms with Crippen LogP contribution in [0.1, 0.15) is 19.7 Å². The van der Waals surface area contributed by atoms with Crippen LogP contribution in [-0.4, -0.2) is 16.6 Å². The lowest BCUT2D eigenvalue weighted by Gasteiger charge is -1.96. The maximum Gasteiger partial charge on any atom is 0.346 e. The normalized spacial score (nSPS) is 13.2. The first-order chi connectivity index (χ1) is 7.62. The van der Waals surface area contributed by atoms with Crippen molar-refractivity contribution in [1.82, 2.24) is 4.98 Å². The second-order valence-electron chi connectivity index (χ2n) is 3.12. The van der Waals surface area contributed by atoms with Crippen molar-refractivity contribution in [1.29, 1.82) is 0 Å². The van der Waals surface area contributed by atoms with Crippen LogP contribution in [0.2, 0.25) is 0 Å². The predicted octanol–water partition coefficient (Wildman–Crippen LogP) is -0.0140. The van der Waals surface area contributed by atoms with Crippen LogP contribution in [0.4, 0.5) is 0 Å². The fourth-order valence-corrected chi connectivity index (χ4v) is 1.36. The summed E-state index contributed by atoms with van der Waals surface area (Å²) in [6.07, 6.45) is 3.27. The standard InChI is InChI=1S/C11H12ClNO3/c1-3-8-9(4-2)13-10(16-11(8)15)5-7(14)6-12/h3-4H,5-6H2,1-2H3/b8-3+,9-4+. The van der Waals surface area contributed by atoms with Crippen molar-refractivity contribution < 1.29 is 9.21 Å². The smallest absolute Gasteiger partial charge is 0.346 e. The number of rotatable bonds is 3. The van der Waals surface area contributed by atoms with E-state index in [0.29, 0.717) is 10.6 Å². The summed E-state index contributed by atoms with van der Waals surface area (Å²) in [5.74, 6) is -0.236. The van der Waals surface area contributed by atoms with E-state index < -0.39 is 5.63 Å². The lowest BCUT2D eigenvalue weighted by molar-refractivity contribution is -0.116. The monoisotopic (exact) mass is 241 g/mol. The van der Waals surface area contributed by atoms with E-state index in [1.54, 1.807) is 26.0 Å². The Labute approximate surface area is 97.3 Å². The number of nitrogens with zero attached hydrogens (tertiary/aromatic N) is 1. The number of hydrogen-bond donors (Lipinski definition) is 0. The number of alkyl halides is 1. The highest BCUT2D eigenvalue weighted by Crippen LogP contribution is 1.91. The molecule has 0 aliphatic heterocycles. The largest absolute Gasteiger partial charge is 0.407 e. The Morgan fingerprint density at radius 3 is 2.62 bits per heavy atom. The van der Waals surface area contributed by atoms with E-state index in [0.717, 1.165) is 0 Å². The molecule has 86 valence electrons. The van der Waals surface area contributed by atoms with Gasteiger partial charge in [0.05, 0.1) is 22.9 Å². The zero-order valence-electron chi connectivity index (χ0n) is 9.12. The van der Waals surface area contributed by atoms with Crippen molar-refractivity contribution in [3.63, 3.8) is 0 Å². The summed E-state index contributed by atoms with van der Waals surface area (Å²) >= 11 is 5.36. The van der Waals surface area contributed by atoms with Gasteiger partial charge < -0.3 is 4.42 Å². The minimum absolute atomic E-state index is 0.0520. The number of halogens is 1. The molecule has 1 rings (SSSR count). The van der Waals surface area contributed by atoms with E-state index >= 15 is 0 Å². The first-order valence-electron chi connectivity index (χ1n) is 4.82. The highest BCUT2D eigenvalue weighted by atomic mass is 35.5. The summed E-state index contributed by atoms with van der Waals surface area (Å²) in [5.41, 5.74) is -0.483. The van der Waals surface area contributed by atoms with Gasteiger partial charge in [0.25, 0.3) is 0 Å². The van der Waals surface area contributed by atoms with Crippen molar-refractivity contribution in [2.24, 2.45) is 0 Å². The molecule has 4 nitrogen and oxygen atoms in total. The van der Waals surface area contributed by atoms with Crippen LogP contribution in [0, 0.1) is 0 Å². The third-order valence-electron chi connectivity index (χ3n) is 2.01. The Morgan fingerprint density at radius 1 is 1.44 bits per heavy atom. The molecule has 0 aliphatic carbocycles. The molecule has 0 bridgehead atoms. The van der Waals surface area contributed by atoms with Crippen molar-refractivity contribution in [2.45, 2.75) is 20.3 Å². The molecule has 0 amide bonds. The van der Waals surface area contributed by atoms with E-state index in [2.05, 4.69) is 4.98 Å². The first kappa shape index (κ1) is 12.6. The van der Waals surface area contributed by atoms with Crippen LogP contribution in [0.3, 0.4) is 0 Å². The summed E-state index contributed by atoms with van der Waals surface area (Å²) in [7, 11) is 0. The summed E-state index contributed by atoms with van der Waals surface area (Å²) in [6, 6.07) is 0. The second kappa shape index (κ2) is 5.61. The van der Waals surface area contributed by atoms with Crippen LogP contribution in [0.15, 0.2) is 9.21 Å². The topological polar surface area (TPSA) is 60.2 Å². The quantitative estimate of drug-likeness (QED) is 0.699. The van der Waals surface area contributed by atoms with Gasteiger partial charge in [0, 0.05) is 0 Å². The maximum absolute atomic E-state index is 11.5. The van der Waals surface area contributed by atoms with Gasteiger partial charge in [-0.1, -0.05) is 12.2 Å². The van der Waals surface area contributed by atoms with Crippen molar-refractivity contribution in [2.75, 3.05) is 5.88 Å². The zero-order chi connectivity index (χ0) is 12.1. The summed E-state index contributed by atoms with van der Waals surface area (Å²) in [5, 5.41) is 0.931. The highest BCUT2D eigenvalue weighted by molar-refractivity contribution is 6.27. The van der Waals surface area contributed by atoms with Crippen LogP contribution < -0.4 is 16.2 Å². The number of Topliss-reactive ketones (excluding diaryl/α,β-unsaturated/α-hetero) is 1. The van der Waals surface area contributed by atoms with Crippen LogP contribution in [0.5, 0.6) is 0 Å². The average molecular weight is 242 g/mol. The van der Waals surface area contributed by atoms with Crippen LogP contribution >= 0.6 is 11.6 Å². The van der Waals surface area contributed by atoms with Gasteiger partial charge in [-0.2, -0.15) is 0 Å². The third kappa shape index (κ3) is 2.79. The molecular formula is C11H12ClNO3. The van der Waals surface area contributed by atoms with Gasteiger partial charge in [0.15, 0.2) is 5.78 Å². The van der Waals surface area contributed by atoms with E-state index in [4.69, 9.17) is 16.0 Å². The summed E-state index contributed by atoms with van der Waals surface area (Å²) in [4.78, 5) is 26.7. The molecule has 5 heteroatoms. The molecule has 0 N–H and O–H groups in total. The van der Waals surface area contributed by atoms with E-state index in [1.807, 2.05) is 0 Å². The molecule has 0 aliphatic rings. The lowest BCUT2D eigenvalue weighted by Crippen LogP contribution is -2.41. The predicted molar refractivity (Wildman–Crippen MR) is 61.7 cm³/mol. The summed E-state index contributed by atoms with van der Waals surface area (Å²) in [6.45, 7) is 3.49. The number of carbonyl (C=O) groups is 1. The molecular weight excluding hydrogens is 230 g/mol. The van der Waals surface area contributed by atoms with Gasteiger partial charge in [-0.25, -0.2) is 9.78 Å². The molecule has 1 aromatic heterocycles. The average Bonchev–Trinajstić information content (AvgIpc) is 2.28. The fraction of sp³-hybridized carbons (Fsp3) is 0.364. The van der Waals surface area contributed by atoms with Gasteiger partial charge in [-0.15, -0.1) is 11.6 Å². The molecule has 0 fully saturated rings. The Balaban J connectivity index is 3.34. The minimum atomic E-state index is -0.483. The Hall–Kier alpha value is -1.42. The lowest BCUT2D eigenvalue weighted by atomic mass is 10.3. The number of ketones is 1. The number of aromatic nitrogens is 1. The van der Waals surface area contributed by atoms with Gasteiger partial charge in [-0.3, -0.25) is 4.79 Å². The summed E-state index contributed by atoms with van der Waals surface area (Å²) < 4.78 is 4.92. The molecule has 0 spiro atoms. The molecule has 0 aromatic carbocycles. The molecule has 0 saturated heterocycles.